The van der Waals surface area contributed by atoms with E-state index >= 15 is 0 Å². The summed E-state index contributed by atoms with van der Waals surface area (Å²) in [6, 6.07) is 5.57. The van der Waals surface area contributed by atoms with Crippen molar-refractivity contribution < 1.29 is 21.9 Å². The lowest BCUT2D eigenvalue weighted by molar-refractivity contribution is 0.0730. The van der Waals surface area contributed by atoms with Crippen molar-refractivity contribution in [1.29, 1.82) is 0 Å². The van der Waals surface area contributed by atoms with Gasteiger partial charge in [0.05, 0.1) is 19.8 Å². The summed E-state index contributed by atoms with van der Waals surface area (Å²) in [4.78, 5) is 12.2. The maximum atomic E-state index is 13.3. The van der Waals surface area contributed by atoms with E-state index in [1.807, 2.05) is 0 Å². The molecule has 1 aliphatic rings. The zero-order chi connectivity index (χ0) is 18.0. The van der Waals surface area contributed by atoms with E-state index in [9.17, 15) is 22.0 Å². The first kappa shape index (κ1) is 17.7. The molecule has 0 N–H and O–H groups in total. The van der Waals surface area contributed by atoms with E-state index in [1.165, 1.54) is 22.6 Å². The molecule has 0 radical (unpaired) electrons. The fourth-order valence-electron chi connectivity index (χ4n) is 2.66. The van der Waals surface area contributed by atoms with Crippen LogP contribution in [0.25, 0.3) is 0 Å². The van der Waals surface area contributed by atoms with E-state index in [1.54, 1.807) is 0 Å². The number of aromatic nitrogens is 1. The molecule has 134 valence electrons. The quantitative estimate of drug-likeness (QED) is 0.811. The third-order valence-corrected chi connectivity index (χ3v) is 5.76. The van der Waals surface area contributed by atoms with Crippen LogP contribution in [0.1, 0.15) is 5.56 Å². The van der Waals surface area contributed by atoms with Gasteiger partial charge in [-0.15, -0.1) is 0 Å². The number of nitrogens with zero attached hydrogens (tertiary/aromatic N) is 2. The predicted molar refractivity (Wildman–Crippen MR) is 85.7 cm³/mol. The number of benzene rings is 1. The highest BCUT2D eigenvalue weighted by Crippen LogP contribution is 2.14. The normalized spacial score (nSPS) is 16.1. The molecule has 1 aliphatic heterocycles. The average Bonchev–Trinajstić information content (AvgIpc) is 2.56. The maximum absolute atomic E-state index is 13.3. The summed E-state index contributed by atoms with van der Waals surface area (Å²) in [5.74, 6) is -1.53. The summed E-state index contributed by atoms with van der Waals surface area (Å²) in [5, 5.41) is 0. The van der Waals surface area contributed by atoms with Gasteiger partial charge in [0.15, 0.2) is 0 Å². The molecule has 2 aromatic rings. The minimum atomic E-state index is -3.95. The molecule has 9 heteroatoms. The van der Waals surface area contributed by atoms with Crippen LogP contribution in [-0.2, 0) is 21.3 Å². The fourth-order valence-corrected chi connectivity index (χ4v) is 4.16. The molecular formula is C16H16F2N2O4S. The van der Waals surface area contributed by atoms with Gasteiger partial charge in [0.25, 0.3) is 5.56 Å². The molecule has 0 unspecified atom stereocenters. The highest BCUT2D eigenvalue weighted by molar-refractivity contribution is 7.89. The van der Waals surface area contributed by atoms with Crippen molar-refractivity contribution in [2.24, 2.45) is 0 Å². The topological polar surface area (TPSA) is 68.6 Å². The Kier molecular flexibility index (Phi) is 4.98. The van der Waals surface area contributed by atoms with Crippen LogP contribution < -0.4 is 5.56 Å². The first-order valence-corrected chi connectivity index (χ1v) is 9.04. The maximum Gasteiger partial charge on any atom is 0.271 e. The molecule has 1 aromatic carbocycles. The lowest BCUT2D eigenvalue weighted by Crippen LogP contribution is -2.43. The molecule has 3 rings (SSSR count). The Morgan fingerprint density at radius 3 is 2.36 bits per heavy atom. The number of rotatable bonds is 4. The van der Waals surface area contributed by atoms with Gasteiger partial charge < -0.3 is 9.30 Å². The van der Waals surface area contributed by atoms with Crippen molar-refractivity contribution in [2.75, 3.05) is 26.3 Å². The Labute approximate surface area is 143 Å². The zero-order valence-electron chi connectivity index (χ0n) is 13.2. The van der Waals surface area contributed by atoms with Gasteiger partial charge >= 0.3 is 0 Å². The van der Waals surface area contributed by atoms with Crippen LogP contribution >= 0.6 is 0 Å². The Balaban J connectivity index is 1.96. The number of hydrogen-bond acceptors (Lipinski definition) is 4. The minimum Gasteiger partial charge on any atom is -0.379 e. The Bertz CT molecular complexity index is 917. The van der Waals surface area contributed by atoms with Crippen molar-refractivity contribution >= 4 is 10.0 Å². The van der Waals surface area contributed by atoms with Crippen LogP contribution in [0.3, 0.4) is 0 Å². The van der Waals surface area contributed by atoms with Crippen LogP contribution in [0.15, 0.2) is 46.2 Å². The second-order valence-corrected chi connectivity index (χ2v) is 7.51. The molecule has 25 heavy (non-hydrogen) atoms. The Hall–Kier alpha value is -2.10. The molecule has 0 saturated carbocycles. The van der Waals surface area contributed by atoms with Gasteiger partial charge in [0.2, 0.25) is 10.0 Å². The molecule has 0 atom stereocenters. The SMILES string of the molecule is O=c1c(S(=O)(=O)N2CCOCC2)cccn1Cc1cc(F)cc(F)c1. The lowest BCUT2D eigenvalue weighted by Gasteiger charge is -2.25. The summed E-state index contributed by atoms with van der Waals surface area (Å²) in [6.45, 7) is 0.739. The summed E-state index contributed by atoms with van der Waals surface area (Å²) in [6.07, 6.45) is 1.38. The van der Waals surface area contributed by atoms with Gasteiger partial charge in [-0.1, -0.05) is 0 Å². The summed E-state index contributed by atoms with van der Waals surface area (Å²) < 4.78 is 59.3. The molecule has 2 heterocycles. The van der Waals surface area contributed by atoms with Crippen LogP contribution in [0.4, 0.5) is 8.78 Å². The van der Waals surface area contributed by atoms with Crippen LogP contribution in [-0.4, -0.2) is 43.6 Å². The number of halogens is 2. The Morgan fingerprint density at radius 1 is 1.08 bits per heavy atom. The van der Waals surface area contributed by atoms with Gasteiger partial charge in [0, 0.05) is 25.4 Å². The summed E-state index contributed by atoms with van der Waals surface area (Å²) in [7, 11) is -3.95. The van der Waals surface area contributed by atoms with Crippen molar-refractivity contribution in [3.63, 3.8) is 0 Å². The third-order valence-electron chi connectivity index (χ3n) is 3.85. The van der Waals surface area contributed by atoms with Gasteiger partial charge in [0.1, 0.15) is 16.5 Å². The Morgan fingerprint density at radius 2 is 1.72 bits per heavy atom. The monoisotopic (exact) mass is 370 g/mol. The van der Waals surface area contributed by atoms with Crippen LogP contribution in [0.5, 0.6) is 0 Å². The minimum absolute atomic E-state index is 0.139. The zero-order valence-corrected chi connectivity index (χ0v) is 14.0. The molecule has 0 amide bonds. The van der Waals surface area contributed by atoms with Crippen molar-refractivity contribution in [1.82, 2.24) is 8.87 Å². The van der Waals surface area contributed by atoms with E-state index in [0.717, 1.165) is 22.8 Å². The largest absolute Gasteiger partial charge is 0.379 e. The van der Waals surface area contributed by atoms with E-state index in [-0.39, 0.29) is 43.3 Å². The van der Waals surface area contributed by atoms with Gasteiger partial charge in [-0.3, -0.25) is 4.79 Å². The fraction of sp³-hybridized carbons (Fsp3) is 0.312. The number of sulfonamides is 1. The van der Waals surface area contributed by atoms with Crippen LogP contribution in [0.2, 0.25) is 0 Å². The molecule has 1 aromatic heterocycles. The van der Waals surface area contributed by atoms with E-state index in [0.29, 0.717) is 0 Å². The van der Waals surface area contributed by atoms with Crippen molar-refractivity contribution in [3.05, 3.63) is 64.1 Å². The number of ether oxygens (including phenoxy) is 1. The molecule has 0 aliphatic carbocycles. The van der Waals surface area contributed by atoms with Gasteiger partial charge in [-0.2, -0.15) is 4.31 Å². The number of pyridine rings is 1. The highest BCUT2D eigenvalue weighted by atomic mass is 32.2. The molecule has 1 fully saturated rings. The molecular weight excluding hydrogens is 354 g/mol. The second-order valence-electron chi connectivity index (χ2n) is 5.60. The standard InChI is InChI=1S/C16H16F2N2O4S/c17-13-8-12(9-14(18)10-13)11-19-3-1-2-15(16(19)21)25(22,23)20-4-6-24-7-5-20/h1-3,8-10H,4-7,11H2. The predicted octanol–water partition coefficient (Wildman–Crippen LogP) is 1.20. The van der Waals surface area contributed by atoms with Crippen LogP contribution in [0, 0.1) is 11.6 Å². The van der Waals surface area contributed by atoms with E-state index in [2.05, 4.69) is 0 Å². The lowest BCUT2D eigenvalue weighted by atomic mass is 10.2. The summed E-state index contributed by atoms with van der Waals surface area (Å²) in [5.41, 5.74) is -0.515. The van der Waals surface area contributed by atoms with Crippen molar-refractivity contribution in [3.8, 4) is 0 Å². The first-order valence-electron chi connectivity index (χ1n) is 7.60. The third kappa shape index (κ3) is 3.78. The smallest absolute Gasteiger partial charge is 0.271 e. The molecule has 0 bridgehead atoms. The number of hydrogen-bond donors (Lipinski definition) is 0. The molecule has 0 spiro atoms. The first-order chi connectivity index (χ1) is 11.9. The average molecular weight is 370 g/mol. The highest BCUT2D eigenvalue weighted by Gasteiger charge is 2.29. The van der Waals surface area contributed by atoms with Gasteiger partial charge in [-0.05, 0) is 29.8 Å². The second kappa shape index (κ2) is 7.03. The van der Waals surface area contributed by atoms with Crippen molar-refractivity contribution in [2.45, 2.75) is 11.4 Å². The summed E-state index contributed by atoms with van der Waals surface area (Å²) >= 11 is 0. The molecule has 1 saturated heterocycles. The van der Waals surface area contributed by atoms with Gasteiger partial charge in [-0.25, -0.2) is 17.2 Å². The molecule has 6 nitrogen and oxygen atoms in total. The van der Waals surface area contributed by atoms with E-state index in [4.69, 9.17) is 4.74 Å². The number of morpholine rings is 1. The van der Waals surface area contributed by atoms with E-state index < -0.39 is 27.2 Å².